The van der Waals surface area contributed by atoms with E-state index in [-0.39, 0.29) is 29.4 Å². The highest BCUT2D eigenvalue weighted by atomic mass is 16.6. The number of rotatable bonds is 6. The summed E-state index contributed by atoms with van der Waals surface area (Å²) in [6, 6.07) is -0.0944. The zero-order chi connectivity index (χ0) is 13.7. The molecule has 100 valence electrons. The van der Waals surface area contributed by atoms with Crippen LogP contribution in [0.2, 0.25) is 0 Å². The lowest BCUT2D eigenvalue weighted by Gasteiger charge is -2.21. The number of anilines is 2. The van der Waals surface area contributed by atoms with Crippen molar-refractivity contribution < 1.29 is 9.66 Å². The fraction of sp³-hybridized carbons (Fsp3) is 0.600. The molecule has 1 rings (SSSR count). The fourth-order valence-electron chi connectivity index (χ4n) is 1.38. The number of nitrogens with zero attached hydrogens (tertiary/aromatic N) is 3. The molecule has 18 heavy (non-hydrogen) atoms. The first kappa shape index (κ1) is 14.1. The number of aromatic nitrogens is 2. The minimum absolute atomic E-state index is 0.0111. The van der Waals surface area contributed by atoms with Gasteiger partial charge in [-0.25, -0.2) is 4.98 Å². The predicted octanol–water partition coefficient (Wildman–Crippen LogP) is 1.05. The molecule has 1 aromatic heterocycles. The van der Waals surface area contributed by atoms with Crippen molar-refractivity contribution in [3.05, 3.63) is 16.3 Å². The summed E-state index contributed by atoms with van der Waals surface area (Å²) in [4.78, 5) is 17.8. The summed E-state index contributed by atoms with van der Waals surface area (Å²) in [6.07, 6.45) is 1.09. The normalized spacial score (nSPS) is 12.4. The first-order valence-electron chi connectivity index (χ1n) is 5.48. The van der Waals surface area contributed by atoms with Gasteiger partial charge in [-0.2, -0.15) is 4.98 Å². The highest BCUT2D eigenvalue weighted by Crippen LogP contribution is 2.23. The van der Waals surface area contributed by atoms with Gasteiger partial charge in [-0.05, 0) is 5.92 Å². The molecule has 1 aromatic rings. The number of nitrogens with one attached hydrogen (secondary N) is 1. The van der Waals surface area contributed by atoms with Crippen molar-refractivity contribution in [3.63, 3.8) is 0 Å². The van der Waals surface area contributed by atoms with Gasteiger partial charge in [0.2, 0.25) is 11.8 Å². The van der Waals surface area contributed by atoms with E-state index in [1.54, 1.807) is 7.11 Å². The highest BCUT2D eigenvalue weighted by Gasteiger charge is 2.21. The van der Waals surface area contributed by atoms with Crippen molar-refractivity contribution in [2.75, 3.05) is 24.8 Å². The molecule has 0 saturated carbocycles. The number of hydrogen-bond acceptors (Lipinski definition) is 7. The highest BCUT2D eigenvalue weighted by molar-refractivity contribution is 5.56. The molecule has 0 spiro atoms. The molecule has 8 heteroatoms. The lowest BCUT2D eigenvalue weighted by Crippen LogP contribution is -2.31. The van der Waals surface area contributed by atoms with Gasteiger partial charge < -0.3 is 15.8 Å². The van der Waals surface area contributed by atoms with Crippen LogP contribution in [0.4, 0.5) is 17.5 Å². The van der Waals surface area contributed by atoms with Gasteiger partial charge in [-0.3, -0.25) is 10.1 Å². The van der Waals surface area contributed by atoms with Crippen LogP contribution in [0, 0.1) is 16.0 Å². The van der Waals surface area contributed by atoms with E-state index in [0.717, 1.165) is 6.20 Å². The van der Waals surface area contributed by atoms with Gasteiger partial charge in [0.05, 0.1) is 17.6 Å². The number of methoxy groups -OCH3 is 1. The van der Waals surface area contributed by atoms with Crippen LogP contribution < -0.4 is 11.1 Å². The minimum atomic E-state index is -0.550. The number of ether oxygens (including phenoxy) is 1. The Bertz CT molecular complexity index is 424. The molecule has 1 unspecified atom stereocenters. The zero-order valence-electron chi connectivity index (χ0n) is 10.6. The minimum Gasteiger partial charge on any atom is -0.383 e. The van der Waals surface area contributed by atoms with E-state index in [2.05, 4.69) is 15.3 Å². The van der Waals surface area contributed by atoms with E-state index in [1.807, 2.05) is 13.8 Å². The van der Waals surface area contributed by atoms with Crippen LogP contribution in [-0.4, -0.2) is 34.6 Å². The number of nitro groups is 1. The first-order valence-corrected chi connectivity index (χ1v) is 5.48. The summed E-state index contributed by atoms with van der Waals surface area (Å²) in [6.45, 7) is 4.37. The van der Waals surface area contributed by atoms with E-state index in [9.17, 15) is 10.1 Å². The summed E-state index contributed by atoms with van der Waals surface area (Å²) in [5, 5.41) is 13.8. The fourth-order valence-corrected chi connectivity index (χ4v) is 1.38. The van der Waals surface area contributed by atoms with Gasteiger partial charge in [-0.1, -0.05) is 13.8 Å². The molecule has 0 bridgehead atoms. The summed E-state index contributed by atoms with van der Waals surface area (Å²) in [5.41, 5.74) is 5.23. The van der Waals surface area contributed by atoms with E-state index in [1.165, 1.54) is 0 Å². The van der Waals surface area contributed by atoms with Crippen LogP contribution >= 0.6 is 0 Å². The molecule has 8 nitrogen and oxygen atoms in total. The van der Waals surface area contributed by atoms with Crippen molar-refractivity contribution in [1.82, 2.24) is 9.97 Å². The van der Waals surface area contributed by atoms with Gasteiger partial charge in [0.15, 0.2) is 0 Å². The number of nitrogens with two attached hydrogens (primary N) is 1. The molecule has 0 saturated heterocycles. The molecule has 0 aliphatic rings. The Labute approximate surface area is 105 Å². The molecule has 1 atom stereocenters. The maximum Gasteiger partial charge on any atom is 0.329 e. The third kappa shape index (κ3) is 3.52. The van der Waals surface area contributed by atoms with Crippen molar-refractivity contribution in [1.29, 1.82) is 0 Å². The van der Waals surface area contributed by atoms with E-state index >= 15 is 0 Å². The quantitative estimate of drug-likeness (QED) is 0.576. The van der Waals surface area contributed by atoms with Crippen LogP contribution in [0.25, 0.3) is 0 Å². The van der Waals surface area contributed by atoms with Gasteiger partial charge in [-0.15, -0.1) is 0 Å². The molecular weight excluding hydrogens is 238 g/mol. The monoisotopic (exact) mass is 255 g/mol. The molecule has 0 amide bonds. The van der Waals surface area contributed by atoms with Crippen molar-refractivity contribution in [2.45, 2.75) is 19.9 Å². The number of nitrogen functional groups attached to an aromatic ring is 1. The maximum absolute atomic E-state index is 10.9. The second-order valence-electron chi connectivity index (χ2n) is 4.17. The molecule has 0 radical (unpaired) electrons. The van der Waals surface area contributed by atoms with Gasteiger partial charge in [0.25, 0.3) is 0 Å². The molecule has 0 aliphatic heterocycles. The Hall–Kier alpha value is -1.96. The van der Waals surface area contributed by atoms with Crippen LogP contribution in [0.1, 0.15) is 13.8 Å². The zero-order valence-corrected chi connectivity index (χ0v) is 10.6. The second kappa shape index (κ2) is 6.10. The lowest BCUT2D eigenvalue weighted by molar-refractivity contribution is -0.384. The van der Waals surface area contributed by atoms with Crippen LogP contribution in [-0.2, 0) is 4.74 Å². The maximum atomic E-state index is 10.9. The predicted molar refractivity (Wildman–Crippen MR) is 67.2 cm³/mol. The second-order valence-corrected chi connectivity index (χ2v) is 4.17. The third-order valence-corrected chi connectivity index (χ3v) is 2.46. The van der Waals surface area contributed by atoms with E-state index < -0.39 is 4.92 Å². The number of hydrogen-bond donors (Lipinski definition) is 2. The standard InChI is InChI=1S/C10H17N5O3/c1-6(2)7(5-18-3)13-9-8(15(16)17)4-12-10(11)14-9/h4,6-7H,5H2,1-3H3,(H3,11,12,13,14). The molecule has 3 N–H and O–H groups in total. The topological polar surface area (TPSA) is 116 Å². The first-order chi connectivity index (χ1) is 8.45. The molecule has 0 fully saturated rings. The van der Waals surface area contributed by atoms with Crippen LogP contribution in [0.3, 0.4) is 0 Å². The van der Waals surface area contributed by atoms with Crippen LogP contribution in [0.15, 0.2) is 6.20 Å². The molecule has 0 aromatic carbocycles. The summed E-state index contributed by atoms with van der Waals surface area (Å²) in [7, 11) is 1.57. The van der Waals surface area contributed by atoms with Gasteiger partial charge in [0, 0.05) is 7.11 Å². The summed E-state index contributed by atoms with van der Waals surface area (Å²) >= 11 is 0. The largest absolute Gasteiger partial charge is 0.383 e. The summed E-state index contributed by atoms with van der Waals surface area (Å²) in [5.74, 6) is 0.326. The Morgan fingerprint density at radius 1 is 1.61 bits per heavy atom. The average molecular weight is 255 g/mol. The Morgan fingerprint density at radius 2 is 2.28 bits per heavy atom. The lowest BCUT2D eigenvalue weighted by atomic mass is 10.1. The Morgan fingerprint density at radius 3 is 2.78 bits per heavy atom. The van der Waals surface area contributed by atoms with Crippen LogP contribution in [0.5, 0.6) is 0 Å². The Kier molecular flexibility index (Phi) is 4.78. The Balaban J connectivity index is 3.00. The van der Waals surface area contributed by atoms with Gasteiger partial charge >= 0.3 is 5.69 Å². The van der Waals surface area contributed by atoms with E-state index in [0.29, 0.717) is 6.61 Å². The molecule has 0 aliphatic carbocycles. The van der Waals surface area contributed by atoms with Crippen molar-refractivity contribution in [2.24, 2.45) is 5.92 Å². The van der Waals surface area contributed by atoms with Gasteiger partial charge in [0.1, 0.15) is 6.20 Å². The average Bonchev–Trinajstić information content (AvgIpc) is 2.28. The third-order valence-electron chi connectivity index (χ3n) is 2.46. The smallest absolute Gasteiger partial charge is 0.329 e. The molecular formula is C10H17N5O3. The summed E-state index contributed by atoms with van der Waals surface area (Å²) < 4.78 is 5.06. The van der Waals surface area contributed by atoms with E-state index in [4.69, 9.17) is 10.5 Å². The van der Waals surface area contributed by atoms with Crippen molar-refractivity contribution >= 4 is 17.5 Å². The SMILES string of the molecule is COCC(Nc1nc(N)ncc1[N+](=O)[O-])C(C)C. The van der Waals surface area contributed by atoms with Crippen molar-refractivity contribution in [3.8, 4) is 0 Å². The molecule has 1 heterocycles.